The Hall–Kier alpha value is -3.43. The number of nitrogens with one attached hydrogen (secondary N) is 1. The lowest BCUT2D eigenvalue weighted by Gasteiger charge is -2.24. The van der Waals surface area contributed by atoms with Crippen molar-refractivity contribution in [3.8, 4) is 11.3 Å². The van der Waals surface area contributed by atoms with Crippen LogP contribution in [0.2, 0.25) is 0 Å². The van der Waals surface area contributed by atoms with Gasteiger partial charge in [0.2, 0.25) is 5.91 Å². The highest BCUT2D eigenvalue weighted by Gasteiger charge is 2.44. The lowest BCUT2D eigenvalue weighted by Crippen LogP contribution is -2.35. The number of halogens is 3. The van der Waals surface area contributed by atoms with E-state index in [2.05, 4.69) is 15.4 Å². The molecule has 2 aliphatic rings. The Morgan fingerprint density at radius 1 is 1.25 bits per heavy atom. The van der Waals surface area contributed by atoms with Gasteiger partial charge in [0, 0.05) is 37.3 Å². The molecular formula is C22H20F3N5O2. The minimum Gasteiger partial charge on any atom is -0.331 e. The van der Waals surface area contributed by atoms with Gasteiger partial charge >= 0.3 is 6.18 Å². The van der Waals surface area contributed by atoms with Crippen LogP contribution in [0.25, 0.3) is 16.9 Å². The molecule has 0 spiro atoms. The zero-order valence-electron chi connectivity index (χ0n) is 17.4. The maximum Gasteiger partial charge on any atom is 0.417 e. The summed E-state index contributed by atoms with van der Waals surface area (Å²) >= 11 is 0. The van der Waals surface area contributed by atoms with Gasteiger partial charge in [0.15, 0.2) is 11.5 Å². The van der Waals surface area contributed by atoms with Crippen LogP contribution in [0.3, 0.4) is 0 Å². The normalized spacial score (nSPS) is 17.0. The molecule has 32 heavy (non-hydrogen) atoms. The van der Waals surface area contributed by atoms with Crippen molar-refractivity contribution in [3.05, 3.63) is 47.2 Å². The zero-order valence-corrected chi connectivity index (χ0v) is 17.4. The summed E-state index contributed by atoms with van der Waals surface area (Å²) in [7, 11) is 0. The van der Waals surface area contributed by atoms with Gasteiger partial charge in [0.05, 0.1) is 16.8 Å². The minimum atomic E-state index is -4.67. The Labute approximate surface area is 181 Å². The van der Waals surface area contributed by atoms with Gasteiger partial charge in [-0.15, -0.1) is 5.10 Å². The van der Waals surface area contributed by atoms with E-state index >= 15 is 0 Å². The summed E-state index contributed by atoms with van der Waals surface area (Å²) in [5.41, 5.74) is 0.138. The highest BCUT2D eigenvalue weighted by molar-refractivity contribution is 6.01. The van der Waals surface area contributed by atoms with E-state index in [1.165, 1.54) is 17.5 Å². The number of hydrogen-bond acceptors (Lipinski definition) is 4. The number of amides is 2. The summed E-state index contributed by atoms with van der Waals surface area (Å²) < 4.78 is 43.3. The Bertz CT molecular complexity index is 1260. The average Bonchev–Trinajstić information content (AvgIpc) is 3.41. The number of benzene rings is 1. The van der Waals surface area contributed by atoms with Crippen LogP contribution in [-0.2, 0) is 17.5 Å². The largest absolute Gasteiger partial charge is 0.417 e. The molecule has 1 aliphatic carbocycles. The first-order chi connectivity index (χ1) is 15.1. The smallest absolute Gasteiger partial charge is 0.331 e. The molecule has 2 amide bonds. The van der Waals surface area contributed by atoms with E-state index in [4.69, 9.17) is 0 Å². The van der Waals surface area contributed by atoms with Gasteiger partial charge in [-0.25, -0.2) is 9.50 Å². The van der Waals surface area contributed by atoms with Gasteiger partial charge in [-0.3, -0.25) is 9.59 Å². The summed E-state index contributed by atoms with van der Waals surface area (Å²) in [6, 6.07) is 5.61. The van der Waals surface area contributed by atoms with Crippen molar-refractivity contribution in [3.63, 3.8) is 0 Å². The maximum atomic E-state index is 13.9. The SMILES string of the molecule is CC(=O)Nc1cc2nc(-c3cc4c(c(C(F)(F)F)c3)C(=O)N([C@@H](C)C3CC3)C4)ccn2n1. The molecule has 1 aromatic carbocycles. The Morgan fingerprint density at radius 2 is 2.00 bits per heavy atom. The number of hydrogen-bond donors (Lipinski definition) is 1. The third-order valence-electron chi connectivity index (χ3n) is 6.06. The second kappa shape index (κ2) is 7.04. The van der Waals surface area contributed by atoms with Crippen LogP contribution >= 0.6 is 0 Å². The molecule has 1 atom stereocenters. The van der Waals surface area contributed by atoms with E-state index < -0.39 is 17.6 Å². The third kappa shape index (κ3) is 3.49. The first-order valence-corrected chi connectivity index (χ1v) is 10.3. The first kappa shape index (κ1) is 20.5. The summed E-state index contributed by atoms with van der Waals surface area (Å²) in [5.74, 6) is -0.206. The molecule has 1 aliphatic heterocycles. The number of aromatic nitrogens is 3. The van der Waals surface area contributed by atoms with Crippen LogP contribution in [0.1, 0.15) is 48.2 Å². The fraction of sp³-hybridized carbons (Fsp3) is 0.364. The molecule has 3 aromatic rings. The van der Waals surface area contributed by atoms with Crippen molar-refractivity contribution >= 4 is 23.3 Å². The Morgan fingerprint density at radius 3 is 2.66 bits per heavy atom. The molecule has 10 heteroatoms. The summed E-state index contributed by atoms with van der Waals surface area (Å²) in [6.07, 6.45) is -1.12. The second-order valence-electron chi connectivity index (χ2n) is 8.39. The molecular weight excluding hydrogens is 423 g/mol. The predicted molar refractivity (Wildman–Crippen MR) is 110 cm³/mol. The molecule has 1 fully saturated rings. The quantitative estimate of drug-likeness (QED) is 0.658. The van der Waals surface area contributed by atoms with E-state index in [0.29, 0.717) is 28.6 Å². The van der Waals surface area contributed by atoms with E-state index in [9.17, 15) is 22.8 Å². The summed E-state index contributed by atoms with van der Waals surface area (Å²) in [6.45, 7) is 3.41. The van der Waals surface area contributed by atoms with Crippen molar-refractivity contribution < 1.29 is 22.8 Å². The Kier molecular flexibility index (Phi) is 4.51. The van der Waals surface area contributed by atoms with Crippen molar-refractivity contribution in [1.82, 2.24) is 19.5 Å². The highest BCUT2D eigenvalue weighted by Crippen LogP contribution is 2.43. The van der Waals surface area contributed by atoms with Crippen molar-refractivity contribution in [2.24, 2.45) is 5.92 Å². The van der Waals surface area contributed by atoms with Crippen LogP contribution in [-0.4, -0.2) is 37.4 Å². The van der Waals surface area contributed by atoms with Crippen LogP contribution in [0, 0.1) is 5.92 Å². The molecule has 7 nitrogen and oxygen atoms in total. The highest BCUT2D eigenvalue weighted by atomic mass is 19.4. The van der Waals surface area contributed by atoms with E-state index in [1.54, 1.807) is 23.2 Å². The lowest BCUT2D eigenvalue weighted by atomic mass is 9.97. The molecule has 0 radical (unpaired) electrons. The molecule has 3 heterocycles. The fourth-order valence-corrected chi connectivity index (χ4v) is 4.29. The summed E-state index contributed by atoms with van der Waals surface area (Å²) in [4.78, 5) is 30.1. The van der Waals surface area contributed by atoms with Gasteiger partial charge in [-0.2, -0.15) is 13.2 Å². The number of carbonyl (C=O) groups excluding carboxylic acids is 2. The van der Waals surface area contributed by atoms with Gasteiger partial charge in [-0.1, -0.05) is 0 Å². The van der Waals surface area contributed by atoms with E-state index in [-0.39, 0.29) is 29.6 Å². The Balaban J connectivity index is 1.58. The minimum absolute atomic E-state index is 0.0899. The molecule has 1 saturated carbocycles. The average molecular weight is 443 g/mol. The molecule has 1 N–H and O–H groups in total. The number of carbonyl (C=O) groups is 2. The van der Waals surface area contributed by atoms with E-state index in [1.807, 2.05) is 6.92 Å². The number of alkyl halides is 3. The van der Waals surface area contributed by atoms with Crippen molar-refractivity contribution in [1.29, 1.82) is 0 Å². The van der Waals surface area contributed by atoms with Gasteiger partial charge in [0.25, 0.3) is 5.91 Å². The zero-order chi connectivity index (χ0) is 22.8. The van der Waals surface area contributed by atoms with Crippen LogP contribution in [0.15, 0.2) is 30.5 Å². The fourth-order valence-electron chi connectivity index (χ4n) is 4.29. The second-order valence-corrected chi connectivity index (χ2v) is 8.39. The van der Waals surface area contributed by atoms with Crippen molar-refractivity contribution in [2.75, 3.05) is 5.32 Å². The summed E-state index contributed by atoms with van der Waals surface area (Å²) in [5, 5.41) is 6.70. The first-order valence-electron chi connectivity index (χ1n) is 10.3. The molecule has 166 valence electrons. The molecule has 2 aromatic heterocycles. The molecule has 5 rings (SSSR count). The van der Waals surface area contributed by atoms with Gasteiger partial charge < -0.3 is 10.2 Å². The number of nitrogens with zero attached hydrogens (tertiary/aromatic N) is 4. The number of fused-ring (bicyclic) bond motifs is 2. The van der Waals surface area contributed by atoms with E-state index in [0.717, 1.165) is 18.9 Å². The van der Waals surface area contributed by atoms with Gasteiger partial charge in [-0.05, 0) is 49.4 Å². The van der Waals surface area contributed by atoms with Gasteiger partial charge in [0.1, 0.15) is 0 Å². The molecule has 0 saturated heterocycles. The maximum absolute atomic E-state index is 13.9. The molecule has 0 bridgehead atoms. The standard InChI is InChI=1S/C22H20F3N5O2/c1-11(13-3-4-13)29-10-15-7-14(8-16(22(23,24)25)20(15)21(29)32)17-5-6-30-19(27-17)9-18(28-30)26-12(2)31/h5-9,11,13H,3-4,10H2,1-2H3,(H,26,28,31)/t11-/m0/s1. The molecule has 0 unspecified atom stereocenters. The number of rotatable bonds is 4. The predicted octanol–water partition coefficient (Wildman–Crippen LogP) is 4.13. The van der Waals surface area contributed by atoms with Crippen LogP contribution in [0.4, 0.5) is 19.0 Å². The third-order valence-corrected chi connectivity index (χ3v) is 6.06. The van der Waals surface area contributed by atoms with Crippen molar-refractivity contribution in [2.45, 2.75) is 45.5 Å². The number of anilines is 1. The van der Waals surface area contributed by atoms with Crippen LogP contribution < -0.4 is 5.32 Å². The van der Waals surface area contributed by atoms with Crippen LogP contribution in [0.5, 0.6) is 0 Å². The monoisotopic (exact) mass is 443 g/mol. The lowest BCUT2D eigenvalue weighted by molar-refractivity contribution is -0.137. The topological polar surface area (TPSA) is 79.6 Å².